The summed E-state index contributed by atoms with van der Waals surface area (Å²) < 4.78 is 0. The number of rotatable bonds is 2. The summed E-state index contributed by atoms with van der Waals surface area (Å²) in [4.78, 5) is 16.3. The second-order valence-corrected chi connectivity index (χ2v) is 4.48. The molecule has 100 valence electrons. The standard InChI is InChI=1S/C14H13N5O/c1-9-7-10-8-11(4-5-12(10)17-9)19(14(15)20)13-3-2-6-16-18-13/h2-8,17H,1H3,(H2,15,20). The number of nitrogens with one attached hydrogen (secondary N) is 1. The summed E-state index contributed by atoms with van der Waals surface area (Å²) in [6.07, 6.45) is 1.54. The fourth-order valence-electron chi connectivity index (χ4n) is 2.19. The van der Waals surface area contributed by atoms with E-state index < -0.39 is 6.03 Å². The van der Waals surface area contributed by atoms with Crippen molar-refractivity contribution in [1.82, 2.24) is 15.2 Å². The lowest BCUT2D eigenvalue weighted by Crippen LogP contribution is -2.32. The summed E-state index contributed by atoms with van der Waals surface area (Å²) in [5, 5.41) is 8.71. The van der Waals surface area contributed by atoms with Crippen LogP contribution in [0.3, 0.4) is 0 Å². The normalized spacial score (nSPS) is 10.7. The van der Waals surface area contributed by atoms with Gasteiger partial charge in [-0.3, -0.25) is 0 Å². The zero-order valence-corrected chi connectivity index (χ0v) is 10.9. The molecular formula is C14H13N5O. The molecule has 3 aromatic rings. The van der Waals surface area contributed by atoms with Crippen molar-refractivity contribution < 1.29 is 4.79 Å². The van der Waals surface area contributed by atoms with Gasteiger partial charge in [0.15, 0.2) is 5.82 Å². The van der Waals surface area contributed by atoms with Crippen LogP contribution in [0.15, 0.2) is 42.6 Å². The van der Waals surface area contributed by atoms with E-state index in [1.165, 1.54) is 4.90 Å². The molecule has 0 radical (unpaired) electrons. The lowest BCUT2D eigenvalue weighted by Gasteiger charge is -2.18. The predicted molar refractivity (Wildman–Crippen MR) is 76.8 cm³/mol. The third kappa shape index (κ3) is 2.07. The molecule has 2 heterocycles. The van der Waals surface area contributed by atoms with E-state index in [-0.39, 0.29) is 0 Å². The van der Waals surface area contributed by atoms with E-state index >= 15 is 0 Å². The number of H-pyrrole nitrogens is 1. The Morgan fingerprint density at radius 3 is 2.85 bits per heavy atom. The Hall–Kier alpha value is -2.89. The van der Waals surface area contributed by atoms with E-state index in [1.807, 2.05) is 31.2 Å². The quantitative estimate of drug-likeness (QED) is 0.747. The minimum atomic E-state index is -0.600. The smallest absolute Gasteiger partial charge is 0.325 e. The van der Waals surface area contributed by atoms with E-state index in [4.69, 9.17) is 5.73 Å². The van der Waals surface area contributed by atoms with Crippen LogP contribution in [-0.2, 0) is 0 Å². The van der Waals surface area contributed by atoms with E-state index in [2.05, 4.69) is 15.2 Å². The first-order valence-corrected chi connectivity index (χ1v) is 6.12. The summed E-state index contributed by atoms with van der Waals surface area (Å²) in [5.41, 5.74) is 8.19. The van der Waals surface area contributed by atoms with Crippen molar-refractivity contribution >= 4 is 28.4 Å². The van der Waals surface area contributed by atoms with Gasteiger partial charge >= 0.3 is 6.03 Å². The number of aromatic nitrogens is 3. The van der Waals surface area contributed by atoms with Crippen molar-refractivity contribution in [2.45, 2.75) is 6.92 Å². The van der Waals surface area contributed by atoms with Gasteiger partial charge in [-0.2, -0.15) is 5.10 Å². The topological polar surface area (TPSA) is 87.9 Å². The second-order valence-electron chi connectivity index (χ2n) is 4.48. The number of aromatic amines is 1. The van der Waals surface area contributed by atoms with Crippen LogP contribution >= 0.6 is 0 Å². The molecule has 2 amide bonds. The average Bonchev–Trinajstić information content (AvgIpc) is 2.79. The molecule has 20 heavy (non-hydrogen) atoms. The number of fused-ring (bicyclic) bond motifs is 1. The predicted octanol–water partition coefficient (Wildman–Crippen LogP) is 2.48. The number of carbonyl (C=O) groups excluding carboxylic acids is 1. The van der Waals surface area contributed by atoms with Gasteiger partial charge in [0, 0.05) is 22.8 Å². The molecule has 0 aliphatic carbocycles. The lowest BCUT2D eigenvalue weighted by atomic mass is 10.2. The maximum atomic E-state index is 11.7. The molecule has 0 atom stereocenters. The van der Waals surface area contributed by atoms with Crippen LogP contribution in [0, 0.1) is 6.92 Å². The van der Waals surface area contributed by atoms with Gasteiger partial charge in [0.25, 0.3) is 0 Å². The van der Waals surface area contributed by atoms with E-state index in [1.54, 1.807) is 18.3 Å². The zero-order chi connectivity index (χ0) is 14.1. The molecule has 3 N–H and O–H groups in total. The number of anilines is 2. The largest absolute Gasteiger partial charge is 0.359 e. The highest BCUT2D eigenvalue weighted by atomic mass is 16.2. The average molecular weight is 267 g/mol. The molecule has 0 saturated heterocycles. The van der Waals surface area contributed by atoms with Crippen molar-refractivity contribution in [2.75, 3.05) is 4.90 Å². The van der Waals surface area contributed by atoms with Gasteiger partial charge in [-0.25, -0.2) is 9.69 Å². The molecule has 6 heteroatoms. The molecule has 0 fully saturated rings. The maximum Gasteiger partial charge on any atom is 0.325 e. The van der Waals surface area contributed by atoms with Gasteiger partial charge in [-0.1, -0.05) is 0 Å². The van der Waals surface area contributed by atoms with Crippen LogP contribution in [0.2, 0.25) is 0 Å². The molecule has 0 bridgehead atoms. The minimum absolute atomic E-state index is 0.395. The Labute approximate surface area is 115 Å². The summed E-state index contributed by atoms with van der Waals surface area (Å²) in [6.45, 7) is 1.98. The van der Waals surface area contributed by atoms with E-state index in [0.29, 0.717) is 11.5 Å². The number of urea groups is 1. The summed E-state index contributed by atoms with van der Waals surface area (Å²) in [7, 11) is 0. The van der Waals surface area contributed by atoms with Gasteiger partial charge in [0.1, 0.15) is 0 Å². The third-order valence-corrected chi connectivity index (χ3v) is 3.00. The number of hydrogen-bond acceptors (Lipinski definition) is 3. The fourth-order valence-corrected chi connectivity index (χ4v) is 2.19. The summed E-state index contributed by atoms with van der Waals surface area (Å²) in [6, 6.07) is 10.4. The Morgan fingerprint density at radius 2 is 2.15 bits per heavy atom. The number of benzene rings is 1. The first-order valence-electron chi connectivity index (χ1n) is 6.12. The van der Waals surface area contributed by atoms with Crippen molar-refractivity contribution in [2.24, 2.45) is 5.73 Å². The van der Waals surface area contributed by atoms with Gasteiger partial charge in [0.2, 0.25) is 0 Å². The van der Waals surface area contributed by atoms with Crippen molar-refractivity contribution in [3.05, 3.63) is 48.3 Å². The van der Waals surface area contributed by atoms with Gasteiger partial charge < -0.3 is 10.7 Å². The van der Waals surface area contributed by atoms with Gasteiger partial charge in [-0.15, -0.1) is 5.10 Å². The Balaban J connectivity index is 2.12. The van der Waals surface area contributed by atoms with Crippen molar-refractivity contribution in [3.63, 3.8) is 0 Å². The van der Waals surface area contributed by atoms with Crippen LogP contribution in [0.5, 0.6) is 0 Å². The number of hydrogen-bond donors (Lipinski definition) is 2. The molecule has 3 rings (SSSR count). The Morgan fingerprint density at radius 1 is 1.30 bits per heavy atom. The highest BCUT2D eigenvalue weighted by Gasteiger charge is 2.17. The lowest BCUT2D eigenvalue weighted by molar-refractivity contribution is 0.256. The van der Waals surface area contributed by atoms with Gasteiger partial charge in [-0.05, 0) is 43.3 Å². The van der Waals surface area contributed by atoms with Gasteiger partial charge in [0.05, 0.1) is 5.69 Å². The number of amides is 2. The summed E-state index contributed by atoms with van der Waals surface area (Å²) >= 11 is 0. The molecule has 1 aromatic carbocycles. The third-order valence-electron chi connectivity index (χ3n) is 3.00. The molecule has 6 nitrogen and oxygen atoms in total. The molecule has 0 spiro atoms. The highest BCUT2D eigenvalue weighted by molar-refractivity contribution is 5.99. The monoisotopic (exact) mass is 267 g/mol. The van der Waals surface area contributed by atoms with Crippen molar-refractivity contribution in [3.8, 4) is 0 Å². The number of aryl methyl sites for hydroxylation is 1. The molecule has 2 aromatic heterocycles. The Bertz CT molecular complexity index is 766. The number of nitrogens with zero attached hydrogens (tertiary/aromatic N) is 3. The summed E-state index contributed by atoms with van der Waals surface area (Å²) in [5.74, 6) is 0.395. The Kier molecular flexibility index (Phi) is 2.83. The number of nitrogens with two attached hydrogens (primary N) is 1. The van der Waals surface area contributed by atoms with Crippen LogP contribution in [0.4, 0.5) is 16.3 Å². The minimum Gasteiger partial charge on any atom is -0.359 e. The van der Waals surface area contributed by atoms with Crippen LogP contribution in [-0.4, -0.2) is 21.2 Å². The van der Waals surface area contributed by atoms with Crippen molar-refractivity contribution in [1.29, 1.82) is 0 Å². The maximum absolute atomic E-state index is 11.7. The highest BCUT2D eigenvalue weighted by Crippen LogP contribution is 2.27. The zero-order valence-electron chi connectivity index (χ0n) is 10.9. The fraction of sp³-hybridized carbons (Fsp3) is 0.0714. The molecule has 0 saturated carbocycles. The second kappa shape index (κ2) is 4.65. The van der Waals surface area contributed by atoms with Crippen LogP contribution < -0.4 is 10.6 Å². The number of carbonyl (C=O) groups is 1. The first kappa shape index (κ1) is 12.2. The number of primary amides is 1. The molecular weight excluding hydrogens is 254 g/mol. The van der Waals surface area contributed by atoms with E-state index in [0.717, 1.165) is 16.6 Å². The molecule has 0 aliphatic heterocycles. The van der Waals surface area contributed by atoms with Crippen LogP contribution in [0.1, 0.15) is 5.69 Å². The molecule has 0 unspecified atom stereocenters. The SMILES string of the molecule is Cc1cc2cc(N(C(N)=O)c3cccnn3)ccc2[nH]1. The van der Waals surface area contributed by atoms with E-state index in [9.17, 15) is 4.79 Å². The molecule has 0 aliphatic rings. The van der Waals surface area contributed by atoms with Crippen LogP contribution in [0.25, 0.3) is 10.9 Å². The first-order chi connectivity index (χ1) is 9.65.